The van der Waals surface area contributed by atoms with E-state index in [-0.39, 0.29) is 5.41 Å². The van der Waals surface area contributed by atoms with Crippen molar-refractivity contribution in [1.82, 2.24) is 9.55 Å². The molecule has 0 saturated carbocycles. The average Bonchev–Trinajstić information content (AvgIpc) is 2.86. The van der Waals surface area contributed by atoms with Gasteiger partial charge in [-0.05, 0) is 73.6 Å². The summed E-state index contributed by atoms with van der Waals surface area (Å²) < 4.78 is 8.23. The van der Waals surface area contributed by atoms with Gasteiger partial charge in [-0.25, -0.2) is 4.98 Å². The van der Waals surface area contributed by atoms with Crippen LogP contribution in [0.3, 0.4) is 0 Å². The van der Waals surface area contributed by atoms with Gasteiger partial charge in [0.15, 0.2) is 0 Å². The number of ether oxygens (including phenoxy) is 1. The minimum absolute atomic E-state index is 0.176. The van der Waals surface area contributed by atoms with E-state index in [0.29, 0.717) is 6.61 Å². The summed E-state index contributed by atoms with van der Waals surface area (Å²) in [6, 6.07) is 12.9. The lowest BCUT2D eigenvalue weighted by Gasteiger charge is -2.19. The lowest BCUT2D eigenvalue weighted by Crippen LogP contribution is -2.10. The molecule has 0 aliphatic rings. The van der Waals surface area contributed by atoms with Gasteiger partial charge in [0, 0.05) is 6.54 Å². The first-order valence-corrected chi connectivity index (χ1v) is 9.43. The molecule has 3 nitrogen and oxygen atoms in total. The number of benzene rings is 2. The van der Waals surface area contributed by atoms with Gasteiger partial charge in [-0.15, -0.1) is 0 Å². The third kappa shape index (κ3) is 3.92. The van der Waals surface area contributed by atoms with Gasteiger partial charge < -0.3 is 9.30 Å². The summed E-state index contributed by atoms with van der Waals surface area (Å²) in [6.45, 7) is 14.7. The molecular formula is C23H30N2O. The third-order valence-corrected chi connectivity index (χ3v) is 5.07. The van der Waals surface area contributed by atoms with Crippen LogP contribution >= 0.6 is 0 Å². The molecule has 0 N–H and O–H groups in total. The van der Waals surface area contributed by atoms with Crippen LogP contribution in [-0.4, -0.2) is 16.2 Å². The molecule has 3 heteroatoms. The first-order valence-electron chi connectivity index (χ1n) is 9.43. The van der Waals surface area contributed by atoms with Crippen LogP contribution in [0.25, 0.3) is 11.0 Å². The van der Waals surface area contributed by atoms with E-state index in [9.17, 15) is 0 Å². The molecule has 0 radical (unpaired) electrons. The Morgan fingerprint density at radius 2 is 1.62 bits per heavy atom. The Balaban J connectivity index is 1.61. The lowest BCUT2D eigenvalue weighted by atomic mass is 9.87. The molecule has 0 spiro atoms. The number of rotatable bonds is 5. The largest absolute Gasteiger partial charge is 0.494 e. The molecule has 0 saturated heterocycles. The van der Waals surface area contributed by atoms with E-state index in [1.807, 2.05) is 0 Å². The Bertz CT molecular complexity index is 899. The Morgan fingerprint density at radius 3 is 2.27 bits per heavy atom. The molecule has 2 aromatic carbocycles. The molecule has 0 aliphatic heterocycles. The highest BCUT2D eigenvalue weighted by Crippen LogP contribution is 2.24. The van der Waals surface area contributed by atoms with Gasteiger partial charge in [0.2, 0.25) is 0 Å². The van der Waals surface area contributed by atoms with Crippen molar-refractivity contribution in [1.29, 1.82) is 0 Å². The number of fused-ring (bicyclic) bond motifs is 1. The number of aryl methyl sites for hydroxylation is 4. The molecule has 0 unspecified atom stereocenters. The smallest absolute Gasteiger partial charge is 0.119 e. The average molecular weight is 351 g/mol. The molecule has 1 heterocycles. The second-order valence-corrected chi connectivity index (χ2v) is 8.21. The van der Waals surface area contributed by atoms with Crippen molar-refractivity contribution >= 4 is 11.0 Å². The molecule has 138 valence electrons. The van der Waals surface area contributed by atoms with Gasteiger partial charge in [0.05, 0.1) is 17.6 Å². The highest BCUT2D eigenvalue weighted by molar-refractivity contribution is 5.78. The molecule has 0 fully saturated rings. The van der Waals surface area contributed by atoms with Crippen molar-refractivity contribution in [2.45, 2.75) is 59.9 Å². The van der Waals surface area contributed by atoms with Crippen LogP contribution in [0.2, 0.25) is 0 Å². The maximum absolute atomic E-state index is 5.93. The SMILES string of the molecule is Cc1cc2nc(C)n(CCCOc3ccc(C(C)(C)C)cc3)c2cc1C. The maximum atomic E-state index is 5.93. The van der Waals surface area contributed by atoms with E-state index >= 15 is 0 Å². The van der Waals surface area contributed by atoms with E-state index < -0.39 is 0 Å². The zero-order chi connectivity index (χ0) is 18.9. The Labute approximate surface area is 157 Å². The predicted molar refractivity (Wildman–Crippen MR) is 109 cm³/mol. The summed E-state index contributed by atoms with van der Waals surface area (Å²) in [5.41, 5.74) is 6.42. The van der Waals surface area contributed by atoms with Gasteiger partial charge in [-0.1, -0.05) is 32.9 Å². The van der Waals surface area contributed by atoms with Crippen molar-refractivity contribution in [2.75, 3.05) is 6.61 Å². The molecule has 0 bridgehead atoms. The Hall–Kier alpha value is -2.29. The quantitative estimate of drug-likeness (QED) is 0.550. The van der Waals surface area contributed by atoms with Crippen LogP contribution in [0.5, 0.6) is 5.75 Å². The van der Waals surface area contributed by atoms with Gasteiger partial charge in [-0.2, -0.15) is 0 Å². The summed E-state index contributed by atoms with van der Waals surface area (Å²) in [5.74, 6) is 2.01. The summed E-state index contributed by atoms with van der Waals surface area (Å²) in [5, 5.41) is 0. The van der Waals surface area contributed by atoms with Crippen LogP contribution in [0.15, 0.2) is 36.4 Å². The van der Waals surface area contributed by atoms with Gasteiger partial charge in [0.25, 0.3) is 0 Å². The highest BCUT2D eigenvalue weighted by atomic mass is 16.5. The molecule has 0 aliphatic carbocycles. The fraction of sp³-hybridized carbons (Fsp3) is 0.435. The number of hydrogen-bond donors (Lipinski definition) is 0. The minimum Gasteiger partial charge on any atom is -0.494 e. The summed E-state index contributed by atoms with van der Waals surface area (Å²) in [4.78, 5) is 4.71. The minimum atomic E-state index is 0.176. The van der Waals surface area contributed by atoms with Crippen molar-refractivity contribution in [3.05, 3.63) is 58.9 Å². The summed E-state index contributed by atoms with van der Waals surface area (Å²) in [6.07, 6.45) is 0.959. The zero-order valence-electron chi connectivity index (χ0n) is 16.9. The monoisotopic (exact) mass is 350 g/mol. The van der Waals surface area contributed by atoms with E-state index in [1.165, 1.54) is 22.2 Å². The van der Waals surface area contributed by atoms with Crippen molar-refractivity contribution in [2.24, 2.45) is 0 Å². The van der Waals surface area contributed by atoms with Crippen molar-refractivity contribution in [3.8, 4) is 5.75 Å². The van der Waals surface area contributed by atoms with Crippen LogP contribution in [-0.2, 0) is 12.0 Å². The fourth-order valence-corrected chi connectivity index (χ4v) is 3.25. The number of imidazole rings is 1. The molecule has 1 aromatic heterocycles. The van der Waals surface area contributed by atoms with Gasteiger partial charge in [-0.3, -0.25) is 0 Å². The molecule has 0 atom stereocenters. The topological polar surface area (TPSA) is 27.1 Å². The molecule has 26 heavy (non-hydrogen) atoms. The van der Waals surface area contributed by atoms with E-state index in [4.69, 9.17) is 9.72 Å². The molecule has 3 rings (SSSR count). The normalized spacial score (nSPS) is 11.9. The third-order valence-electron chi connectivity index (χ3n) is 5.07. The van der Waals surface area contributed by atoms with Crippen LogP contribution < -0.4 is 4.74 Å². The first-order chi connectivity index (χ1) is 12.3. The number of nitrogens with zero attached hydrogens (tertiary/aromatic N) is 2. The summed E-state index contributed by atoms with van der Waals surface area (Å²) in [7, 11) is 0. The zero-order valence-corrected chi connectivity index (χ0v) is 16.9. The lowest BCUT2D eigenvalue weighted by molar-refractivity contribution is 0.302. The van der Waals surface area contributed by atoms with Gasteiger partial charge in [0.1, 0.15) is 11.6 Å². The van der Waals surface area contributed by atoms with E-state index in [1.54, 1.807) is 0 Å². The molecular weight excluding hydrogens is 320 g/mol. The van der Waals surface area contributed by atoms with Crippen LogP contribution in [0.4, 0.5) is 0 Å². The van der Waals surface area contributed by atoms with Crippen molar-refractivity contribution < 1.29 is 4.74 Å². The highest BCUT2D eigenvalue weighted by Gasteiger charge is 2.13. The Morgan fingerprint density at radius 1 is 0.962 bits per heavy atom. The number of aromatic nitrogens is 2. The van der Waals surface area contributed by atoms with E-state index in [0.717, 1.165) is 30.1 Å². The second kappa shape index (κ2) is 7.14. The molecule has 3 aromatic rings. The fourth-order valence-electron chi connectivity index (χ4n) is 3.25. The first kappa shape index (κ1) is 18.5. The van der Waals surface area contributed by atoms with E-state index in [2.05, 4.69) is 82.5 Å². The Kier molecular flexibility index (Phi) is 5.08. The second-order valence-electron chi connectivity index (χ2n) is 8.21. The van der Waals surface area contributed by atoms with Gasteiger partial charge >= 0.3 is 0 Å². The van der Waals surface area contributed by atoms with Crippen LogP contribution in [0, 0.1) is 20.8 Å². The number of hydrogen-bond acceptors (Lipinski definition) is 2. The molecule has 0 amide bonds. The van der Waals surface area contributed by atoms with Crippen LogP contribution in [0.1, 0.15) is 49.7 Å². The predicted octanol–water partition coefficient (Wildman–Crippen LogP) is 5.73. The standard InChI is InChI=1S/C23H30N2O/c1-16-14-21-22(15-17(16)2)25(18(3)24-21)12-7-13-26-20-10-8-19(9-11-20)23(4,5)6/h8-11,14-15H,7,12-13H2,1-6H3. The van der Waals surface area contributed by atoms with Crippen molar-refractivity contribution in [3.63, 3.8) is 0 Å². The maximum Gasteiger partial charge on any atom is 0.119 e. The summed E-state index contributed by atoms with van der Waals surface area (Å²) >= 11 is 0.